The third-order valence-corrected chi connectivity index (χ3v) is 1.56. The average Bonchev–Trinajstić information content (AvgIpc) is 2.06. The molecule has 0 heterocycles. The summed E-state index contributed by atoms with van der Waals surface area (Å²) in [6.45, 7) is -2.57. The van der Waals surface area contributed by atoms with Gasteiger partial charge in [-0.1, -0.05) is 0 Å². The van der Waals surface area contributed by atoms with Gasteiger partial charge >= 0.3 is 0 Å². The largest absolute Gasteiger partial charge is 0.396 e. The van der Waals surface area contributed by atoms with Crippen LogP contribution in [0.3, 0.4) is 0 Å². The molecule has 0 unspecified atom stereocenters. The minimum Gasteiger partial charge on any atom is -0.396 e. The Balaban J connectivity index is 4.19. The summed E-state index contributed by atoms with van der Waals surface area (Å²) in [5, 5.41) is 43.5. The molecule has 0 saturated carbocycles. The Labute approximate surface area is 64.5 Å². The minimum absolute atomic E-state index is 0.0949. The topological polar surface area (TPSA) is 101 Å². The molecule has 5 N–H and O–H groups in total. The van der Waals surface area contributed by atoms with Crippen molar-refractivity contribution in [3.63, 3.8) is 0 Å². The van der Waals surface area contributed by atoms with E-state index in [9.17, 15) is 5.11 Å². The van der Waals surface area contributed by atoms with Crippen LogP contribution in [0.5, 0.6) is 0 Å². The Morgan fingerprint density at radius 3 is 1.36 bits per heavy atom. The summed E-state index contributed by atoms with van der Waals surface area (Å²) in [4.78, 5) is 0. The summed E-state index contributed by atoms with van der Waals surface area (Å²) < 4.78 is 0. The molecule has 0 aliphatic carbocycles. The van der Waals surface area contributed by atoms with Crippen LogP contribution in [0.25, 0.3) is 0 Å². The van der Waals surface area contributed by atoms with E-state index in [-0.39, 0.29) is 5.92 Å². The highest BCUT2D eigenvalue weighted by Gasteiger charge is 2.35. The molecule has 0 aromatic carbocycles. The monoisotopic (exact) mass is 165 g/mol. The summed E-state index contributed by atoms with van der Waals surface area (Å²) in [6, 6.07) is 0. The van der Waals surface area contributed by atoms with Crippen LogP contribution in [0, 0.1) is 5.92 Å². The molecule has 0 fully saturated rings. The molecule has 0 atom stereocenters. The van der Waals surface area contributed by atoms with Crippen molar-refractivity contribution in [2.24, 2.45) is 0 Å². The van der Waals surface area contributed by atoms with E-state index < -0.39 is 32.0 Å². The lowest BCUT2D eigenvalue weighted by Crippen LogP contribution is -2.47. The molecule has 0 rings (SSSR count). The van der Waals surface area contributed by atoms with Crippen molar-refractivity contribution in [3.8, 4) is 0 Å². The maximum atomic E-state index is 9.23. The van der Waals surface area contributed by atoms with E-state index in [2.05, 4.69) is 0 Å². The predicted octanol–water partition coefficient (Wildman–Crippen LogP) is -2.74. The smallest absolute Gasteiger partial charge is 0.121 e. The number of rotatable bonds is 5. The van der Waals surface area contributed by atoms with E-state index in [1.807, 2.05) is 0 Å². The molecular formula is C6H13O5. The summed E-state index contributed by atoms with van der Waals surface area (Å²) >= 11 is 0. The van der Waals surface area contributed by atoms with Crippen LogP contribution in [-0.2, 0) is 0 Å². The Bertz CT molecular complexity index is 97.1. The van der Waals surface area contributed by atoms with Crippen molar-refractivity contribution < 1.29 is 25.5 Å². The Kier molecular flexibility index (Phi) is 4.55. The molecule has 0 bridgehead atoms. The molecule has 5 heteroatoms. The van der Waals surface area contributed by atoms with Crippen LogP contribution in [-0.4, -0.2) is 57.6 Å². The van der Waals surface area contributed by atoms with Crippen LogP contribution >= 0.6 is 0 Å². The third-order valence-electron chi connectivity index (χ3n) is 1.56. The van der Waals surface area contributed by atoms with Crippen LogP contribution in [0.4, 0.5) is 0 Å². The van der Waals surface area contributed by atoms with Crippen molar-refractivity contribution in [3.05, 3.63) is 5.92 Å². The van der Waals surface area contributed by atoms with Gasteiger partial charge in [-0.2, -0.15) is 0 Å². The normalized spacial score (nSPS) is 12.5. The Morgan fingerprint density at radius 2 is 1.27 bits per heavy atom. The van der Waals surface area contributed by atoms with Gasteiger partial charge in [0.05, 0.1) is 32.3 Å². The van der Waals surface area contributed by atoms with Gasteiger partial charge in [0.1, 0.15) is 5.60 Å². The quantitative estimate of drug-likeness (QED) is 0.304. The molecule has 0 aromatic heterocycles. The standard InChI is InChI=1S/C6H13O5/c7-1-5(2-8)6(11,3-9)4-10/h7-11H,1-4H2. The van der Waals surface area contributed by atoms with Gasteiger partial charge in [0.25, 0.3) is 0 Å². The van der Waals surface area contributed by atoms with Gasteiger partial charge in [0.2, 0.25) is 0 Å². The number of aliphatic hydroxyl groups excluding tert-OH is 4. The van der Waals surface area contributed by atoms with Crippen molar-refractivity contribution >= 4 is 0 Å². The number of hydrogen-bond donors (Lipinski definition) is 5. The molecule has 0 aliphatic rings. The SMILES string of the molecule is OC[C](CO)C(O)(CO)CO. The molecule has 0 aromatic rings. The fourth-order valence-electron chi connectivity index (χ4n) is 0.618. The second-order valence-corrected chi connectivity index (χ2v) is 2.27. The van der Waals surface area contributed by atoms with E-state index in [0.717, 1.165) is 0 Å². The van der Waals surface area contributed by atoms with E-state index in [1.165, 1.54) is 0 Å². The zero-order valence-corrected chi connectivity index (χ0v) is 6.06. The maximum Gasteiger partial charge on any atom is 0.121 e. The molecule has 0 amide bonds. The number of hydrogen-bond acceptors (Lipinski definition) is 5. The lowest BCUT2D eigenvalue weighted by Gasteiger charge is -2.29. The van der Waals surface area contributed by atoms with Gasteiger partial charge in [-0.05, 0) is 0 Å². The zero-order valence-electron chi connectivity index (χ0n) is 6.06. The summed E-state index contributed by atoms with van der Waals surface area (Å²) in [6.07, 6.45) is 0. The van der Waals surface area contributed by atoms with E-state index in [0.29, 0.717) is 0 Å². The van der Waals surface area contributed by atoms with Crippen LogP contribution < -0.4 is 0 Å². The second-order valence-electron chi connectivity index (χ2n) is 2.27. The first-order valence-electron chi connectivity index (χ1n) is 3.15. The van der Waals surface area contributed by atoms with Crippen LogP contribution in [0.15, 0.2) is 0 Å². The molecule has 11 heavy (non-hydrogen) atoms. The molecule has 0 saturated heterocycles. The fraction of sp³-hybridized carbons (Fsp3) is 0.833. The third kappa shape index (κ3) is 2.39. The van der Waals surface area contributed by atoms with Gasteiger partial charge in [0.15, 0.2) is 0 Å². The highest BCUT2D eigenvalue weighted by molar-refractivity contribution is 5.08. The lowest BCUT2D eigenvalue weighted by atomic mass is 9.90. The van der Waals surface area contributed by atoms with Gasteiger partial charge in [0, 0.05) is 0 Å². The van der Waals surface area contributed by atoms with Gasteiger partial charge in [-0.15, -0.1) is 0 Å². The van der Waals surface area contributed by atoms with Crippen molar-refractivity contribution in [1.82, 2.24) is 0 Å². The van der Waals surface area contributed by atoms with Gasteiger partial charge in [-0.25, -0.2) is 0 Å². The van der Waals surface area contributed by atoms with E-state index in [4.69, 9.17) is 20.4 Å². The first-order chi connectivity index (χ1) is 5.14. The van der Waals surface area contributed by atoms with E-state index in [1.54, 1.807) is 0 Å². The highest BCUT2D eigenvalue weighted by atomic mass is 16.4. The lowest BCUT2D eigenvalue weighted by molar-refractivity contribution is -0.0598. The average molecular weight is 165 g/mol. The molecule has 67 valence electrons. The molecule has 5 nitrogen and oxygen atoms in total. The highest BCUT2D eigenvalue weighted by Crippen LogP contribution is 2.17. The van der Waals surface area contributed by atoms with Gasteiger partial charge in [-0.3, -0.25) is 0 Å². The molecular weight excluding hydrogens is 152 g/mol. The molecule has 0 spiro atoms. The zero-order chi connectivity index (χ0) is 8.91. The van der Waals surface area contributed by atoms with E-state index >= 15 is 0 Å². The molecule has 1 radical (unpaired) electrons. The second kappa shape index (κ2) is 4.63. The summed E-state index contributed by atoms with van der Waals surface area (Å²) in [5.41, 5.74) is -1.87. The summed E-state index contributed by atoms with van der Waals surface area (Å²) in [7, 11) is 0. The van der Waals surface area contributed by atoms with Crippen molar-refractivity contribution in [2.75, 3.05) is 26.4 Å². The molecule has 0 aliphatic heterocycles. The Morgan fingerprint density at radius 1 is 0.909 bits per heavy atom. The number of aliphatic hydroxyl groups is 5. The Hall–Kier alpha value is -0.200. The first kappa shape index (κ1) is 10.8. The van der Waals surface area contributed by atoms with Crippen LogP contribution in [0.1, 0.15) is 0 Å². The van der Waals surface area contributed by atoms with Crippen LogP contribution in [0.2, 0.25) is 0 Å². The fourth-order valence-corrected chi connectivity index (χ4v) is 0.618. The maximum absolute atomic E-state index is 9.23. The van der Waals surface area contributed by atoms with Gasteiger partial charge < -0.3 is 25.5 Å². The summed E-state index contributed by atoms with van der Waals surface area (Å²) in [5.74, 6) is -0.0949. The predicted molar refractivity (Wildman–Crippen MR) is 36.5 cm³/mol. The first-order valence-corrected chi connectivity index (χ1v) is 3.15. The minimum atomic E-state index is -1.87. The van der Waals surface area contributed by atoms with Crippen molar-refractivity contribution in [2.45, 2.75) is 5.60 Å². The van der Waals surface area contributed by atoms with Crippen molar-refractivity contribution in [1.29, 1.82) is 0 Å².